The Balaban J connectivity index is 1.56. The molecular weight excluding hydrogens is 340 g/mol. The van der Waals surface area contributed by atoms with Gasteiger partial charge in [0, 0.05) is 51.3 Å². The third kappa shape index (κ3) is 2.62. The second-order valence-electron chi connectivity index (χ2n) is 6.30. The molecule has 5 heteroatoms. The fourth-order valence-electron chi connectivity index (χ4n) is 3.20. The largest absolute Gasteiger partial charge is 0.359 e. The van der Waals surface area contributed by atoms with Crippen molar-refractivity contribution in [2.45, 2.75) is 6.92 Å². The lowest BCUT2D eigenvalue weighted by Gasteiger charge is -2.07. The van der Waals surface area contributed by atoms with Gasteiger partial charge >= 0.3 is 0 Å². The minimum Gasteiger partial charge on any atom is -0.359 e. The van der Waals surface area contributed by atoms with Gasteiger partial charge in [-0.05, 0) is 49.4 Å². The van der Waals surface area contributed by atoms with Crippen molar-refractivity contribution in [2.75, 3.05) is 5.32 Å². The average molecular weight is 356 g/mol. The quantitative estimate of drug-likeness (QED) is 0.424. The second kappa shape index (κ2) is 5.97. The Morgan fingerprint density at radius 1 is 1.04 bits per heavy atom. The lowest BCUT2D eigenvalue weighted by atomic mass is 10.2. The van der Waals surface area contributed by atoms with Gasteiger partial charge in [-0.3, -0.25) is 9.97 Å². The Hall–Kier alpha value is -3.18. The van der Waals surface area contributed by atoms with Crippen molar-refractivity contribution in [3.05, 3.63) is 72.8 Å². The molecule has 0 saturated carbocycles. The van der Waals surface area contributed by atoms with Crippen LogP contribution in [0.1, 0.15) is 5.69 Å². The molecule has 0 atom stereocenters. The summed E-state index contributed by atoms with van der Waals surface area (Å²) in [7, 11) is 0. The molecule has 0 amide bonds. The molecule has 0 saturated heterocycles. The normalized spacial score (nSPS) is 11.3. The number of rotatable bonds is 3. The lowest BCUT2D eigenvalue weighted by molar-refractivity contribution is 1.30. The zero-order valence-electron chi connectivity index (χ0n) is 14.2. The van der Waals surface area contributed by atoms with Gasteiger partial charge in [-0.25, -0.2) is 0 Å². The maximum Gasteiger partial charge on any atom is 0.0837 e. The summed E-state index contributed by atoms with van der Waals surface area (Å²) in [6.45, 7) is 2.07. The summed E-state index contributed by atoms with van der Waals surface area (Å²) in [5.41, 5.74) is 6.58. The van der Waals surface area contributed by atoms with E-state index in [4.69, 9.17) is 0 Å². The summed E-state index contributed by atoms with van der Waals surface area (Å²) in [4.78, 5) is 13.3. The second-order valence-corrected chi connectivity index (χ2v) is 7.36. The zero-order valence-corrected chi connectivity index (χ0v) is 15.0. The summed E-state index contributed by atoms with van der Waals surface area (Å²) in [5, 5.41) is 4.76. The Morgan fingerprint density at radius 3 is 2.88 bits per heavy atom. The first kappa shape index (κ1) is 15.1. The van der Waals surface area contributed by atoms with E-state index in [9.17, 15) is 0 Å². The molecule has 4 aromatic heterocycles. The van der Waals surface area contributed by atoms with Crippen LogP contribution in [0, 0.1) is 6.92 Å². The number of nitrogens with one attached hydrogen (secondary N) is 2. The standard InChI is InChI=1S/C21H16N4S/c1-13-9-15-10-16(4-5-17(15)24-13)25-18-6-8-23-19-11-20(26-21(18)19)14-3-2-7-22-12-14/h2-12,24H,1H3,(H,23,25). The van der Waals surface area contributed by atoms with Crippen LogP contribution >= 0.6 is 11.3 Å². The highest BCUT2D eigenvalue weighted by Gasteiger charge is 2.10. The smallest absolute Gasteiger partial charge is 0.0837 e. The molecule has 5 rings (SSSR count). The number of fused-ring (bicyclic) bond motifs is 2. The van der Waals surface area contributed by atoms with Crippen LogP contribution in [-0.2, 0) is 0 Å². The van der Waals surface area contributed by atoms with Crippen LogP contribution in [0.2, 0.25) is 0 Å². The van der Waals surface area contributed by atoms with Crippen LogP contribution in [-0.4, -0.2) is 15.0 Å². The first-order valence-corrected chi connectivity index (χ1v) is 9.23. The van der Waals surface area contributed by atoms with Crippen molar-refractivity contribution >= 4 is 43.8 Å². The molecule has 4 heterocycles. The molecule has 2 N–H and O–H groups in total. The van der Waals surface area contributed by atoms with Crippen LogP contribution in [0.25, 0.3) is 31.6 Å². The van der Waals surface area contributed by atoms with Gasteiger partial charge in [0.2, 0.25) is 0 Å². The van der Waals surface area contributed by atoms with Gasteiger partial charge < -0.3 is 10.3 Å². The van der Waals surface area contributed by atoms with E-state index < -0.39 is 0 Å². The van der Waals surface area contributed by atoms with Crippen molar-refractivity contribution in [3.8, 4) is 10.4 Å². The van der Waals surface area contributed by atoms with Crippen LogP contribution in [0.3, 0.4) is 0 Å². The van der Waals surface area contributed by atoms with E-state index in [1.807, 2.05) is 24.5 Å². The Labute approximate surface area is 154 Å². The molecular formula is C21H16N4S. The molecule has 0 aliphatic heterocycles. The van der Waals surface area contributed by atoms with E-state index in [-0.39, 0.29) is 0 Å². The molecule has 0 aliphatic carbocycles. The minimum absolute atomic E-state index is 0.998. The van der Waals surface area contributed by atoms with Gasteiger partial charge in [-0.2, -0.15) is 0 Å². The number of nitrogens with zero attached hydrogens (tertiary/aromatic N) is 2. The molecule has 126 valence electrons. The number of hydrogen-bond acceptors (Lipinski definition) is 4. The van der Waals surface area contributed by atoms with E-state index >= 15 is 0 Å². The molecule has 0 fully saturated rings. The first-order chi connectivity index (χ1) is 12.8. The maximum atomic E-state index is 4.53. The summed E-state index contributed by atoms with van der Waals surface area (Å²) in [5.74, 6) is 0. The third-order valence-electron chi connectivity index (χ3n) is 4.39. The predicted octanol–water partition coefficient (Wildman–Crippen LogP) is 5.89. The number of hydrogen-bond donors (Lipinski definition) is 2. The summed E-state index contributed by atoms with van der Waals surface area (Å²) in [6, 6.07) is 16.7. The molecule has 5 aromatic rings. The van der Waals surface area contributed by atoms with Gasteiger partial charge in [0.15, 0.2) is 0 Å². The Bertz CT molecular complexity index is 1220. The fourth-order valence-corrected chi connectivity index (χ4v) is 4.27. The Kier molecular flexibility index (Phi) is 3.47. The number of anilines is 2. The number of aryl methyl sites for hydroxylation is 1. The maximum absolute atomic E-state index is 4.53. The monoisotopic (exact) mass is 356 g/mol. The molecule has 0 unspecified atom stereocenters. The summed E-state index contributed by atoms with van der Waals surface area (Å²) >= 11 is 1.73. The molecule has 0 bridgehead atoms. The van der Waals surface area contributed by atoms with Gasteiger partial charge in [-0.1, -0.05) is 6.07 Å². The lowest BCUT2D eigenvalue weighted by Crippen LogP contribution is -1.90. The molecule has 0 spiro atoms. The SMILES string of the molecule is Cc1cc2cc(Nc3ccnc4cc(-c5cccnc5)sc34)ccc2[nH]1. The number of benzene rings is 1. The van der Waals surface area contributed by atoms with Gasteiger partial charge in [0.25, 0.3) is 0 Å². The van der Waals surface area contributed by atoms with Crippen LogP contribution < -0.4 is 5.32 Å². The van der Waals surface area contributed by atoms with E-state index in [0.717, 1.165) is 32.7 Å². The summed E-state index contributed by atoms with van der Waals surface area (Å²) < 4.78 is 1.15. The van der Waals surface area contributed by atoms with Crippen LogP contribution in [0.15, 0.2) is 67.1 Å². The Morgan fingerprint density at radius 2 is 2.00 bits per heavy atom. The highest BCUT2D eigenvalue weighted by atomic mass is 32.1. The summed E-state index contributed by atoms with van der Waals surface area (Å²) in [6.07, 6.45) is 5.53. The number of thiophene rings is 1. The van der Waals surface area contributed by atoms with Crippen molar-refractivity contribution in [1.29, 1.82) is 0 Å². The van der Waals surface area contributed by atoms with Crippen LogP contribution in [0.4, 0.5) is 11.4 Å². The first-order valence-electron chi connectivity index (χ1n) is 8.42. The number of pyridine rings is 2. The molecule has 26 heavy (non-hydrogen) atoms. The molecule has 0 radical (unpaired) electrons. The van der Waals surface area contributed by atoms with Gasteiger partial charge in [-0.15, -0.1) is 11.3 Å². The number of aromatic amines is 1. The highest BCUT2D eigenvalue weighted by Crippen LogP contribution is 2.37. The highest BCUT2D eigenvalue weighted by molar-refractivity contribution is 7.22. The van der Waals surface area contributed by atoms with E-state index in [1.54, 1.807) is 17.5 Å². The molecule has 1 aromatic carbocycles. The third-order valence-corrected chi connectivity index (χ3v) is 5.60. The number of H-pyrrole nitrogens is 1. The minimum atomic E-state index is 0.998. The van der Waals surface area contributed by atoms with E-state index in [2.05, 4.69) is 63.6 Å². The van der Waals surface area contributed by atoms with Crippen molar-refractivity contribution in [3.63, 3.8) is 0 Å². The van der Waals surface area contributed by atoms with Gasteiger partial charge in [0.05, 0.1) is 15.9 Å². The van der Waals surface area contributed by atoms with Crippen molar-refractivity contribution in [2.24, 2.45) is 0 Å². The fraction of sp³-hybridized carbons (Fsp3) is 0.0476. The molecule has 0 aliphatic rings. The van der Waals surface area contributed by atoms with Crippen LogP contribution in [0.5, 0.6) is 0 Å². The van der Waals surface area contributed by atoms with E-state index in [1.165, 1.54) is 16.0 Å². The van der Waals surface area contributed by atoms with E-state index in [0.29, 0.717) is 0 Å². The van der Waals surface area contributed by atoms with Gasteiger partial charge in [0.1, 0.15) is 0 Å². The van der Waals surface area contributed by atoms with Crippen molar-refractivity contribution in [1.82, 2.24) is 15.0 Å². The predicted molar refractivity (Wildman–Crippen MR) is 109 cm³/mol. The average Bonchev–Trinajstić information content (AvgIpc) is 3.25. The number of aromatic nitrogens is 3. The topological polar surface area (TPSA) is 53.6 Å². The molecule has 4 nitrogen and oxygen atoms in total. The zero-order chi connectivity index (χ0) is 17.5. The van der Waals surface area contributed by atoms with Crippen molar-refractivity contribution < 1.29 is 0 Å².